The first kappa shape index (κ1) is 10.1. The van der Waals surface area contributed by atoms with Gasteiger partial charge >= 0.3 is 5.97 Å². The predicted octanol–water partition coefficient (Wildman–Crippen LogP) is 1.74. The van der Waals surface area contributed by atoms with E-state index in [1.54, 1.807) is 0 Å². The minimum Gasteiger partial charge on any atom is -0.481 e. The van der Waals surface area contributed by atoms with E-state index in [2.05, 4.69) is 10.2 Å². The minimum atomic E-state index is -0.751. The molecule has 0 radical (unpaired) electrons. The molecule has 1 N–H and O–H groups in total. The maximum atomic E-state index is 10.3. The van der Waals surface area contributed by atoms with Gasteiger partial charge in [-0.15, -0.1) is 10.2 Å². The van der Waals surface area contributed by atoms with E-state index in [-0.39, 0.29) is 6.42 Å². The van der Waals surface area contributed by atoms with E-state index in [0.29, 0.717) is 24.7 Å². The SMILES string of the molecule is O=C(O)CCCCc1nnc(C2CC2)o1. The summed E-state index contributed by atoms with van der Waals surface area (Å²) in [6.07, 6.45) is 4.66. The molecule has 0 atom stereocenters. The normalized spacial score (nSPS) is 15.5. The molecule has 1 aromatic heterocycles. The molecule has 5 heteroatoms. The Kier molecular flexibility index (Phi) is 2.99. The van der Waals surface area contributed by atoms with Crippen molar-refractivity contribution >= 4 is 5.97 Å². The molecule has 1 heterocycles. The summed E-state index contributed by atoms with van der Waals surface area (Å²) in [5.74, 6) is 1.13. The maximum absolute atomic E-state index is 10.3. The molecule has 2 rings (SSSR count). The van der Waals surface area contributed by atoms with E-state index < -0.39 is 5.97 Å². The van der Waals surface area contributed by atoms with Gasteiger partial charge in [0.15, 0.2) is 0 Å². The van der Waals surface area contributed by atoms with Crippen molar-refractivity contribution in [3.63, 3.8) is 0 Å². The number of aryl methyl sites for hydroxylation is 1. The lowest BCUT2D eigenvalue weighted by Crippen LogP contribution is -1.95. The topological polar surface area (TPSA) is 76.2 Å². The molecule has 1 aliphatic rings. The number of unbranched alkanes of at least 4 members (excludes halogenated alkanes) is 1. The van der Waals surface area contributed by atoms with Crippen molar-refractivity contribution < 1.29 is 14.3 Å². The quantitative estimate of drug-likeness (QED) is 0.724. The van der Waals surface area contributed by atoms with Crippen LogP contribution in [-0.2, 0) is 11.2 Å². The highest BCUT2D eigenvalue weighted by Crippen LogP contribution is 2.39. The number of hydrogen-bond donors (Lipinski definition) is 1. The number of carboxylic acids is 1. The van der Waals surface area contributed by atoms with E-state index in [9.17, 15) is 4.79 Å². The molecule has 1 aliphatic carbocycles. The van der Waals surface area contributed by atoms with Gasteiger partial charge in [0, 0.05) is 18.8 Å². The molecule has 0 unspecified atom stereocenters. The molecule has 0 amide bonds. The fraction of sp³-hybridized carbons (Fsp3) is 0.700. The highest BCUT2D eigenvalue weighted by molar-refractivity contribution is 5.66. The zero-order chi connectivity index (χ0) is 10.7. The lowest BCUT2D eigenvalue weighted by atomic mass is 10.2. The summed E-state index contributed by atoms with van der Waals surface area (Å²) in [5, 5.41) is 16.3. The summed E-state index contributed by atoms with van der Waals surface area (Å²) < 4.78 is 5.44. The summed E-state index contributed by atoms with van der Waals surface area (Å²) in [7, 11) is 0. The van der Waals surface area contributed by atoms with E-state index in [0.717, 1.165) is 25.2 Å². The average Bonchev–Trinajstić information content (AvgIpc) is 2.94. The highest BCUT2D eigenvalue weighted by atomic mass is 16.4. The van der Waals surface area contributed by atoms with Crippen molar-refractivity contribution in [1.29, 1.82) is 0 Å². The fourth-order valence-electron chi connectivity index (χ4n) is 1.42. The van der Waals surface area contributed by atoms with Gasteiger partial charge in [-0.05, 0) is 25.7 Å². The van der Waals surface area contributed by atoms with Crippen LogP contribution in [0.3, 0.4) is 0 Å². The summed E-state index contributed by atoms with van der Waals surface area (Å²) in [5.41, 5.74) is 0. The van der Waals surface area contributed by atoms with Crippen molar-refractivity contribution in [2.45, 2.75) is 44.4 Å². The van der Waals surface area contributed by atoms with Crippen molar-refractivity contribution in [3.05, 3.63) is 11.8 Å². The van der Waals surface area contributed by atoms with Crippen LogP contribution in [0.1, 0.15) is 49.8 Å². The van der Waals surface area contributed by atoms with E-state index in [1.165, 1.54) is 0 Å². The molecule has 82 valence electrons. The largest absolute Gasteiger partial charge is 0.481 e. The van der Waals surface area contributed by atoms with Gasteiger partial charge in [0.2, 0.25) is 11.8 Å². The summed E-state index contributed by atoms with van der Waals surface area (Å²) in [6.45, 7) is 0. The number of aliphatic carboxylic acids is 1. The maximum Gasteiger partial charge on any atom is 0.303 e. The standard InChI is InChI=1S/C10H14N2O3/c13-9(14)4-2-1-3-8-11-12-10(15-8)7-5-6-7/h7H,1-6H2,(H,13,14). The van der Waals surface area contributed by atoms with Crippen LogP contribution in [-0.4, -0.2) is 21.3 Å². The molecule has 0 aromatic carbocycles. The summed E-state index contributed by atoms with van der Waals surface area (Å²) in [6, 6.07) is 0. The third-order valence-electron chi connectivity index (χ3n) is 2.44. The van der Waals surface area contributed by atoms with Gasteiger partial charge in [-0.2, -0.15) is 0 Å². The van der Waals surface area contributed by atoms with Gasteiger partial charge in [-0.1, -0.05) is 0 Å². The Morgan fingerprint density at radius 3 is 2.87 bits per heavy atom. The van der Waals surface area contributed by atoms with Crippen LogP contribution in [0.5, 0.6) is 0 Å². The first-order valence-corrected chi connectivity index (χ1v) is 5.30. The van der Waals surface area contributed by atoms with Crippen LogP contribution in [0.15, 0.2) is 4.42 Å². The number of hydrogen-bond acceptors (Lipinski definition) is 4. The summed E-state index contributed by atoms with van der Waals surface area (Å²) in [4.78, 5) is 10.3. The third kappa shape index (κ3) is 3.04. The van der Waals surface area contributed by atoms with Crippen molar-refractivity contribution in [3.8, 4) is 0 Å². The van der Waals surface area contributed by atoms with Crippen LogP contribution in [0.4, 0.5) is 0 Å². The molecule has 15 heavy (non-hydrogen) atoms. The zero-order valence-electron chi connectivity index (χ0n) is 8.48. The second-order valence-electron chi connectivity index (χ2n) is 3.91. The van der Waals surface area contributed by atoms with Crippen LogP contribution in [0, 0.1) is 0 Å². The van der Waals surface area contributed by atoms with Crippen LogP contribution >= 0.6 is 0 Å². The van der Waals surface area contributed by atoms with Crippen LogP contribution < -0.4 is 0 Å². The first-order valence-electron chi connectivity index (χ1n) is 5.30. The predicted molar refractivity (Wildman–Crippen MR) is 51.5 cm³/mol. The van der Waals surface area contributed by atoms with Crippen molar-refractivity contribution in [1.82, 2.24) is 10.2 Å². The Labute approximate surface area is 87.5 Å². The lowest BCUT2D eigenvalue weighted by molar-refractivity contribution is -0.137. The average molecular weight is 210 g/mol. The molecule has 0 aliphatic heterocycles. The van der Waals surface area contributed by atoms with Gasteiger partial charge in [-0.25, -0.2) is 0 Å². The molecular weight excluding hydrogens is 196 g/mol. The number of carbonyl (C=O) groups is 1. The Morgan fingerprint density at radius 1 is 1.40 bits per heavy atom. The van der Waals surface area contributed by atoms with Crippen LogP contribution in [0.25, 0.3) is 0 Å². The van der Waals surface area contributed by atoms with E-state index in [1.807, 2.05) is 0 Å². The highest BCUT2D eigenvalue weighted by Gasteiger charge is 2.29. The Hall–Kier alpha value is -1.39. The Balaban J connectivity index is 1.71. The fourth-order valence-corrected chi connectivity index (χ4v) is 1.42. The summed E-state index contributed by atoms with van der Waals surface area (Å²) >= 11 is 0. The van der Waals surface area contributed by atoms with Gasteiger partial charge in [-0.3, -0.25) is 4.79 Å². The number of aromatic nitrogens is 2. The van der Waals surface area contributed by atoms with Gasteiger partial charge in [0.25, 0.3) is 0 Å². The van der Waals surface area contributed by atoms with Crippen molar-refractivity contribution in [2.24, 2.45) is 0 Å². The number of nitrogens with zero attached hydrogens (tertiary/aromatic N) is 2. The van der Waals surface area contributed by atoms with Gasteiger partial charge < -0.3 is 9.52 Å². The molecular formula is C10H14N2O3. The van der Waals surface area contributed by atoms with Crippen LogP contribution in [0.2, 0.25) is 0 Å². The zero-order valence-corrected chi connectivity index (χ0v) is 8.48. The van der Waals surface area contributed by atoms with E-state index >= 15 is 0 Å². The van der Waals surface area contributed by atoms with Crippen molar-refractivity contribution in [2.75, 3.05) is 0 Å². The lowest BCUT2D eigenvalue weighted by Gasteiger charge is -1.93. The Bertz CT molecular complexity index is 344. The molecule has 0 spiro atoms. The first-order chi connectivity index (χ1) is 7.25. The monoisotopic (exact) mass is 210 g/mol. The number of carboxylic acid groups (broad SMARTS) is 1. The second-order valence-corrected chi connectivity index (χ2v) is 3.91. The molecule has 5 nitrogen and oxygen atoms in total. The molecule has 0 bridgehead atoms. The third-order valence-corrected chi connectivity index (χ3v) is 2.44. The van der Waals surface area contributed by atoms with Gasteiger partial charge in [0.05, 0.1) is 0 Å². The smallest absolute Gasteiger partial charge is 0.303 e. The minimum absolute atomic E-state index is 0.212. The Morgan fingerprint density at radius 2 is 2.20 bits per heavy atom. The molecule has 0 saturated heterocycles. The molecule has 1 saturated carbocycles. The number of rotatable bonds is 6. The van der Waals surface area contributed by atoms with E-state index in [4.69, 9.17) is 9.52 Å². The molecule has 1 fully saturated rings. The van der Waals surface area contributed by atoms with Gasteiger partial charge in [0.1, 0.15) is 0 Å². The second kappa shape index (κ2) is 4.42. The molecule has 1 aromatic rings.